The first-order chi connectivity index (χ1) is 5.31. The van der Waals surface area contributed by atoms with E-state index >= 15 is 0 Å². The Bertz CT molecular complexity index is 102. The van der Waals surface area contributed by atoms with Crippen LogP contribution < -0.4 is 0 Å². The zero-order valence-corrected chi connectivity index (χ0v) is 6.61. The summed E-state index contributed by atoms with van der Waals surface area (Å²) in [6.45, 7) is 0.146. The smallest absolute Gasteiger partial charge is 0.0612 e. The molecule has 0 amide bonds. The molecule has 0 spiro atoms. The maximum Gasteiger partial charge on any atom is 0.0612 e. The van der Waals surface area contributed by atoms with Gasteiger partial charge >= 0.3 is 0 Å². The molecule has 0 fully saturated rings. The van der Waals surface area contributed by atoms with Crippen molar-refractivity contribution in [1.29, 1.82) is 0 Å². The van der Waals surface area contributed by atoms with Crippen LogP contribution in [0.1, 0.15) is 19.3 Å². The summed E-state index contributed by atoms with van der Waals surface area (Å²) >= 11 is 0. The lowest BCUT2D eigenvalue weighted by atomic mass is 10.1. The number of hydrogen-bond donors (Lipinski definition) is 3. The molecular weight excluding hydrogens is 144 g/mol. The van der Waals surface area contributed by atoms with Crippen molar-refractivity contribution in [3.8, 4) is 0 Å². The van der Waals surface area contributed by atoms with Crippen LogP contribution in [0.4, 0.5) is 0 Å². The molecule has 3 nitrogen and oxygen atoms in total. The maximum absolute atomic E-state index is 9.16. The van der Waals surface area contributed by atoms with Gasteiger partial charge in [-0.3, -0.25) is 0 Å². The highest BCUT2D eigenvalue weighted by Crippen LogP contribution is 2.01. The van der Waals surface area contributed by atoms with Crippen LogP contribution in [-0.4, -0.2) is 34.6 Å². The van der Waals surface area contributed by atoms with E-state index in [9.17, 15) is 0 Å². The molecule has 66 valence electrons. The summed E-state index contributed by atoms with van der Waals surface area (Å²) in [4.78, 5) is 0. The van der Waals surface area contributed by atoms with Crippen molar-refractivity contribution in [1.82, 2.24) is 0 Å². The predicted octanol–water partition coefficient (Wildman–Crippen LogP) is 0.0584. The molecule has 3 heteroatoms. The minimum atomic E-state index is -0.384. The van der Waals surface area contributed by atoms with Gasteiger partial charge in [0.15, 0.2) is 0 Å². The van der Waals surface area contributed by atoms with Crippen LogP contribution in [-0.2, 0) is 0 Å². The molecule has 1 unspecified atom stereocenters. The third kappa shape index (κ3) is 7.52. The number of aliphatic hydroxyl groups is 3. The van der Waals surface area contributed by atoms with Crippen molar-refractivity contribution in [2.45, 2.75) is 25.4 Å². The van der Waals surface area contributed by atoms with Crippen molar-refractivity contribution >= 4 is 0 Å². The Balaban J connectivity index is 3.21. The largest absolute Gasteiger partial charge is 0.396 e. The highest BCUT2D eigenvalue weighted by Gasteiger charge is 1.99. The number of rotatable bonds is 6. The molecule has 0 aliphatic rings. The zero-order valence-electron chi connectivity index (χ0n) is 6.61. The van der Waals surface area contributed by atoms with Gasteiger partial charge in [-0.1, -0.05) is 12.2 Å². The molecular formula is C8H16O3. The molecule has 0 aliphatic heterocycles. The van der Waals surface area contributed by atoms with E-state index in [2.05, 4.69) is 0 Å². The third-order valence-corrected chi connectivity index (χ3v) is 1.38. The quantitative estimate of drug-likeness (QED) is 0.481. The molecule has 0 aliphatic carbocycles. The van der Waals surface area contributed by atoms with Gasteiger partial charge in [-0.05, 0) is 19.3 Å². The van der Waals surface area contributed by atoms with Crippen LogP contribution >= 0.6 is 0 Å². The van der Waals surface area contributed by atoms with E-state index < -0.39 is 0 Å². The fourth-order valence-electron chi connectivity index (χ4n) is 0.773. The molecule has 0 aromatic rings. The van der Waals surface area contributed by atoms with Gasteiger partial charge in [0.05, 0.1) is 12.7 Å². The van der Waals surface area contributed by atoms with E-state index in [-0.39, 0.29) is 19.3 Å². The van der Waals surface area contributed by atoms with Gasteiger partial charge in [0.1, 0.15) is 0 Å². The van der Waals surface area contributed by atoms with Gasteiger partial charge in [-0.2, -0.15) is 0 Å². The van der Waals surface area contributed by atoms with Crippen LogP contribution in [0.5, 0.6) is 0 Å². The van der Waals surface area contributed by atoms with Crippen molar-refractivity contribution < 1.29 is 15.3 Å². The molecule has 3 N–H and O–H groups in total. The minimum Gasteiger partial charge on any atom is -0.396 e. The molecule has 0 saturated heterocycles. The maximum atomic E-state index is 9.16. The van der Waals surface area contributed by atoms with Gasteiger partial charge in [0, 0.05) is 6.61 Å². The fraction of sp³-hybridized carbons (Fsp3) is 0.750. The second kappa shape index (κ2) is 7.72. The predicted molar refractivity (Wildman–Crippen MR) is 43.2 cm³/mol. The van der Waals surface area contributed by atoms with Crippen LogP contribution in [0.3, 0.4) is 0 Å². The van der Waals surface area contributed by atoms with Crippen molar-refractivity contribution in [2.24, 2.45) is 0 Å². The van der Waals surface area contributed by atoms with E-state index in [4.69, 9.17) is 15.3 Å². The Morgan fingerprint density at radius 1 is 1.18 bits per heavy atom. The third-order valence-electron chi connectivity index (χ3n) is 1.38. The van der Waals surface area contributed by atoms with Gasteiger partial charge in [-0.15, -0.1) is 0 Å². The van der Waals surface area contributed by atoms with E-state index in [0.717, 1.165) is 0 Å². The normalized spacial score (nSPS) is 14.1. The molecule has 0 radical (unpaired) electrons. The summed E-state index contributed by atoms with van der Waals surface area (Å²) in [5.41, 5.74) is 0. The lowest BCUT2D eigenvalue weighted by Crippen LogP contribution is -2.05. The Morgan fingerprint density at radius 2 is 1.91 bits per heavy atom. The van der Waals surface area contributed by atoms with Crippen molar-refractivity contribution in [3.05, 3.63) is 12.2 Å². The van der Waals surface area contributed by atoms with E-state index in [0.29, 0.717) is 19.3 Å². The summed E-state index contributed by atoms with van der Waals surface area (Å²) < 4.78 is 0. The zero-order chi connectivity index (χ0) is 8.53. The minimum absolute atomic E-state index is 0.0206. The number of hydrogen-bond acceptors (Lipinski definition) is 3. The molecule has 0 saturated carbocycles. The SMILES string of the molecule is OCC=CCC(O)CCCO. The van der Waals surface area contributed by atoms with Gasteiger partial charge in [0.25, 0.3) is 0 Å². The van der Waals surface area contributed by atoms with Gasteiger partial charge in [0.2, 0.25) is 0 Å². The first-order valence-corrected chi connectivity index (χ1v) is 3.86. The molecule has 0 heterocycles. The van der Waals surface area contributed by atoms with Crippen LogP contribution in [0.2, 0.25) is 0 Å². The Labute approximate surface area is 67.0 Å². The number of aliphatic hydroxyl groups excluding tert-OH is 3. The molecule has 0 aromatic heterocycles. The van der Waals surface area contributed by atoms with Crippen LogP contribution in [0.15, 0.2) is 12.2 Å². The molecule has 1 atom stereocenters. The van der Waals surface area contributed by atoms with E-state index in [1.54, 1.807) is 12.2 Å². The first kappa shape index (κ1) is 10.6. The Morgan fingerprint density at radius 3 is 2.45 bits per heavy atom. The van der Waals surface area contributed by atoms with E-state index in [1.165, 1.54) is 0 Å². The second-order valence-corrected chi connectivity index (χ2v) is 2.41. The average molecular weight is 160 g/mol. The Hall–Kier alpha value is -0.380. The average Bonchev–Trinajstić information content (AvgIpc) is 2.01. The standard InChI is InChI=1S/C8H16O3/c9-6-2-1-4-8(11)5-3-7-10/h1-2,8-11H,3-7H2. The highest BCUT2D eigenvalue weighted by molar-refractivity contribution is 4.83. The summed E-state index contributed by atoms with van der Waals surface area (Å²) in [6.07, 6.45) is 4.76. The summed E-state index contributed by atoms with van der Waals surface area (Å²) in [5.74, 6) is 0. The van der Waals surface area contributed by atoms with Crippen molar-refractivity contribution in [3.63, 3.8) is 0 Å². The summed E-state index contributed by atoms with van der Waals surface area (Å²) in [5, 5.41) is 25.9. The highest BCUT2D eigenvalue weighted by atomic mass is 16.3. The topological polar surface area (TPSA) is 60.7 Å². The van der Waals surface area contributed by atoms with Crippen LogP contribution in [0.25, 0.3) is 0 Å². The molecule has 0 aromatic carbocycles. The van der Waals surface area contributed by atoms with Crippen LogP contribution in [0, 0.1) is 0 Å². The van der Waals surface area contributed by atoms with E-state index in [1.807, 2.05) is 0 Å². The molecule has 11 heavy (non-hydrogen) atoms. The Kier molecular flexibility index (Phi) is 7.46. The van der Waals surface area contributed by atoms with Crippen molar-refractivity contribution in [2.75, 3.05) is 13.2 Å². The summed E-state index contributed by atoms with van der Waals surface area (Å²) in [6, 6.07) is 0. The monoisotopic (exact) mass is 160 g/mol. The van der Waals surface area contributed by atoms with Gasteiger partial charge < -0.3 is 15.3 Å². The molecule has 0 bridgehead atoms. The lowest BCUT2D eigenvalue weighted by molar-refractivity contribution is 0.152. The lowest BCUT2D eigenvalue weighted by Gasteiger charge is -2.04. The van der Waals surface area contributed by atoms with Gasteiger partial charge in [-0.25, -0.2) is 0 Å². The summed E-state index contributed by atoms with van der Waals surface area (Å²) in [7, 11) is 0. The first-order valence-electron chi connectivity index (χ1n) is 3.86. The molecule has 0 rings (SSSR count). The fourth-order valence-corrected chi connectivity index (χ4v) is 0.773. The second-order valence-electron chi connectivity index (χ2n) is 2.41.